The predicted molar refractivity (Wildman–Crippen MR) is 67.7 cm³/mol. The van der Waals surface area contributed by atoms with Gasteiger partial charge in [-0.2, -0.15) is 9.64 Å². The Labute approximate surface area is 105 Å². The van der Waals surface area contributed by atoms with Crippen molar-refractivity contribution < 1.29 is 0 Å². The predicted octanol–water partition coefficient (Wildman–Crippen LogP) is 2.22. The van der Waals surface area contributed by atoms with Gasteiger partial charge in [0, 0.05) is 5.75 Å². The summed E-state index contributed by atoms with van der Waals surface area (Å²) in [5, 5.41) is 12.3. The molecular weight excluding hydrogens is 240 g/mol. The molecule has 0 amide bonds. The zero-order valence-corrected chi connectivity index (χ0v) is 11.4. The molecule has 4 nitrogen and oxygen atoms in total. The van der Waals surface area contributed by atoms with Crippen molar-refractivity contribution in [3.63, 3.8) is 0 Å². The molecule has 0 aliphatic carbocycles. The van der Waals surface area contributed by atoms with Gasteiger partial charge in [-0.05, 0) is 38.3 Å². The number of hydrogen-bond acceptors (Lipinski definition) is 6. The van der Waals surface area contributed by atoms with E-state index in [9.17, 15) is 0 Å². The highest BCUT2D eigenvalue weighted by atomic mass is 32.2. The first kappa shape index (κ1) is 13.4. The van der Waals surface area contributed by atoms with E-state index in [0.29, 0.717) is 0 Å². The van der Waals surface area contributed by atoms with Gasteiger partial charge in [0.1, 0.15) is 11.4 Å². The summed E-state index contributed by atoms with van der Waals surface area (Å²) in [7, 11) is 0. The molecule has 88 valence electrons. The van der Waals surface area contributed by atoms with Crippen molar-refractivity contribution in [3.05, 3.63) is 5.82 Å². The second kappa shape index (κ2) is 6.18. The summed E-state index contributed by atoms with van der Waals surface area (Å²) in [6, 6.07) is 2.31. The third-order valence-electron chi connectivity index (χ3n) is 2.15. The van der Waals surface area contributed by atoms with Gasteiger partial charge in [0.25, 0.3) is 0 Å². The van der Waals surface area contributed by atoms with E-state index < -0.39 is 5.54 Å². The molecule has 0 fully saturated rings. The molecule has 1 N–H and O–H groups in total. The zero-order chi connectivity index (χ0) is 12.0. The summed E-state index contributed by atoms with van der Waals surface area (Å²) in [5.41, 5.74) is -0.429. The molecule has 1 aromatic rings. The van der Waals surface area contributed by atoms with Crippen LogP contribution >= 0.6 is 23.3 Å². The summed E-state index contributed by atoms with van der Waals surface area (Å²) >= 11 is 3.08. The van der Waals surface area contributed by atoms with Gasteiger partial charge in [-0.25, -0.2) is 4.98 Å². The van der Waals surface area contributed by atoms with Gasteiger partial charge in [-0.1, -0.05) is 18.7 Å². The lowest BCUT2D eigenvalue weighted by atomic mass is 10.0. The third-order valence-corrected chi connectivity index (χ3v) is 4.08. The van der Waals surface area contributed by atoms with E-state index in [4.69, 9.17) is 5.26 Å². The van der Waals surface area contributed by atoms with Crippen molar-refractivity contribution in [2.45, 2.75) is 37.1 Å². The van der Waals surface area contributed by atoms with Crippen LogP contribution in [0.4, 0.5) is 0 Å². The SMILES string of the molecule is CCNC(C)(C#N)CCSc1nc(C)ns1. The van der Waals surface area contributed by atoms with Crippen LogP contribution in [0.25, 0.3) is 0 Å². The van der Waals surface area contributed by atoms with Gasteiger partial charge in [0.2, 0.25) is 0 Å². The van der Waals surface area contributed by atoms with Gasteiger partial charge in [-0.3, -0.25) is 5.32 Å². The third kappa shape index (κ3) is 4.08. The van der Waals surface area contributed by atoms with Crippen LogP contribution < -0.4 is 5.32 Å². The number of nitrogens with zero attached hydrogens (tertiary/aromatic N) is 3. The van der Waals surface area contributed by atoms with Crippen molar-refractivity contribution in [3.8, 4) is 6.07 Å². The Hall–Kier alpha value is -0.640. The van der Waals surface area contributed by atoms with Crippen molar-refractivity contribution in [2.75, 3.05) is 12.3 Å². The fourth-order valence-corrected chi connectivity index (χ4v) is 3.13. The van der Waals surface area contributed by atoms with E-state index in [0.717, 1.165) is 28.9 Å². The number of nitrogens with one attached hydrogen (secondary N) is 1. The Morgan fingerprint density at radius 2 is 2.38 bits per heavy atom. The number of rotatable bonds is 6. The van der Waals surface area contributed by atoms with E-state index in [1.165, 1.54) is 11.5 Å². The monoisotopic (exact) mass is 256 g/mol. The van der Waals surface area contributed by atoms with E-state index in [1.807, 2.05) is 20.8 Å². The first-order valence-electron chi connectivity index (χ1n) is 5.19. The summed E-state index contributed by atoms with van der Waals surface area (Å²) in [5.74, 6) is 1.70. The standard InChI is InChI=1S/C10H16N4S2/c1-4-12-10(3,7-11)5-6-15-9-13-8(2)14-16-9/h12H,4-6H2,1-3H3. The minimum atomic E-state index is -0.429. The van der Waals surface area contributed by atoms with Crippen LogP contribution in [0.15, 0.2) is 4.34 Å². The fourth-order valence-electron chi connectivity index (χ4n) is 1.25. The van der Waals surface area contributed by atoms with Gasteiger partial charge < -0.3 is 0 Å². The average Bonchev–Trinajstić information content (AvgIpc) is 2.65. The molecule has 1 rings (SSSR count). The molecule has 0 radical (unpaired) electrons. The smallest absolute Gasteiger partial charge is 0.170 e. The van der Waals surface area contributed by atoms with E-state index in [-0.39, 0.29) is 0 Å². The highest BCUT2D eigenvalue weighted by molar-refractivity contribution is 8.00. The number of nitriles is 1. The molecule has 0 saturated carbocycles. The summed E-state index contributed by atoms with van der Waals surface area (Å²) < 4.78 is 5.10. The Bertz CT molecular complexity index is 371. The summed E-state index contributed by atoms with van der Waals surface area (Å²) in [4.78, 5) is 4.27. The largest absolute Gasteiger partial charge is 0.300 e. The normalized spacial score (nSPS) is 14.4. The maximum absolute atomic E-state index is 9.07. The van der Waals surface area contributed by atoms with E-state index in [1.54, 1.807) is 11.8 Å². The fraction of sp³-hybridized carbons (Fsp3) is 0.700. The molecule has 0 bridgehead atoms. The number of aromatic nitrogens is 2. The molecule has 1 atom stereocenters. The molecule has 1 aromatic heterocycles. The lowest BCUT2D eigenvalue weighted by Gasteiger charge is -2.21. The molecule has 0 saturated heterocycles. The number of hydrogen-bond donors (Lipinski definition) is 1. The van der Waals surface area contributed by atoms with Crippen molar-refractivity contribution in [1.82, 2.24) is 14.7 Å². The second-order valence-corrected chi connectivity index (χ2v) is 5.77. The first-order chi connectivity index (χ1) is 7.59. The highest BCUT2D eigenvalue weighted by Gasteiger charge is 2.21. The number of thioether (sulfide) groups is 1. The summed E-state index contributed by atoms with van der Waals surface area (Å²) in [6.45, 7) is 6.64. The van der Waals surface area contributed by atoms with Crippen molar-refractivity contribution in [1.29, 1.82) is 5.26 Å². The lowest BCUT2D eigenvalue weighted by molar-refractivity contribution is 0.450. The van der Waals surface area contributed by atoms with Gasteiger partial charge in [0.05, 0.1) is 6.07 Å². The molecule has 0 aromatic carbocycles. The Morgan fingerprint density at radius 1 is 1.62 bits per heavy atom. The average molecular weight is 256 g/mol. The summed E-state index contributed by atoms with van der Waals surface area (Å²) in [6.07, 6.45) is 0.806. The van der Waals surface area contributed by atoms with Crippen LogP contribution in [-0.2, 0) is 0 Å². The molecule has 1 heterocycles. The van der Waals surface area contributed by atoms with Crippen LogP contribution in [0.1, 0.15) is 26.1 Å². The molecule has 1 unspecified atom stereocenters. The van der Waals surface area contributed by atoms with E-state index >= 15 is 0 Å². The molecular formula is C10H16N4S2. The van der Waals surface area contributed by atoms with Crippen LogP contribution in [-0.4, -0.2) is 27.2 Å². The van der Waals surface area contributed by atoms with Crippen LogP contribution in [0.5, 0.6) is 0 Å². The van der Waals surface area contributed by atoms with Crippen LogP contribution in [0.3, 0.4) is 0 Å². The van der Waals surface area contributed by atoms with Crippen molar-refractivity contribution >= 4 is 23.3 Å². The first-order valence-corrected chi connectivity index (χ1v) is 6.95. The maximum atomic E-state index is 9.07. The minimum absolute atomic E-state index is 0.429. The quantitative estimate of drug-likeness (QED) is 0.791. The molecule has 0 spiro atoms. The topological polar surface area (TPSA) is 61.6 Å². The van der Waals surface area contributed by atoms with Crippen molar-refractivity contribution in [2.24, 2.45) is 0 Å². The Kier molecular flexibility index (Phi) is 5.19. The van der Waals surface area contributed by atoms with Crippen LogP contribution in [0.2, 0.25) is 0 Å². The molecule has 0 aliphatic rings. The molecule has 6 heteroatoms. The lowest BCUT2D eigenvalue weighted by Crippen LogP contribution is -2.41. The van der Waals surface area contributed by atoms with Crippen LogP contribution in [0, 0.1) is 18.3 Å². The van der Waals surface area contributed by atoms with E-state index in [2.05, 4.69) is 20.7 Å². The number of aryl methyl sites for hydroxylation is 1. The molecule has 16 heavy (non-hydrogen) atoms. The van der Waals surface area contributed by atoms with Gasteiger partial charge >= 0.3 is 0 Å². The zero-order valence-electron chi connectivity index (χ0n) is 9.78. The molecule has 0 aliphatic heterocycles. The minimum Gasteiger partial charge on any atom is -0.300 e. The maximum Gasteiger partial charge on any atom is 0.170 e. The Morgan fingerprint density at radius 3 is 2.88 bits per heavy atom. The highest BCUT2D eigenvalue weighted by Crippen LogP contribution is 2.23. The van der Waals surface area contributed by atoms with Gasteiger partial charge in [-0.15, -0.1) is 0 Å². The second-order valence-electron chi connectivity index (χ2n) is 3.68. The van der Waals surface area contributed by atoms with Gasteiger partial charge in [0.15, 0.2) is 4.34 Å². The Balaban J connectivity index is 2.37.